The van der Waals surface area contributed by atoms with Gasteiger partial charge in [-0.15, -0.1) is 0 Å². The zero-order valence-corrected chi connectivity index (χ0v) is 12.7. The van der Waals surface area contributed by atoms with Crippen molar-refractivity contribution in [1.82, 2.24) is 25.4 Å². The summed E-state index contributed by atoms with van der Waals surface area (Å²) >= 11 is 0. The number of hydrogen-bond acceptors (Lipinski definition) is 6. The number of nitrogens with one attached hydrogen (secondary N) is 2. The third-order valence-electron chi connectivity index (χ3n) is 4.23. The molecule has 0 aliphatic carbocycles. The van der Waals surface area contributed by atoms with E-state index < -0.39 is 0 Å². The molecule has 22 heavy (non-hydrogen) atoms. The van der Waals surface area contributed by atoms with Gasteiger partial charge in [-0.2, -0.15) is 0 Å². The fourth-order valence-electron chi connectivity index (χ4n) is 3.05. The summed E-state index contributed by atoms with van der Waals surface area (Å²) in [7, 11) is 0. The van der Waals surface area contributed by atoms with Crippen LogP contribution in [0.25, 0.3) is 16.6 Å². The number of aromatic amines is 1. The molecular formula is C15H20N6O. The largest absolute Gasteiger partial charge is 0.378 e. The van der Waals surface area contributed by atoms with Crippen LogP contribution in [-0.4, -0.2) is 59.4 Å². The van der Waals surface area contributed by atoms with Gasteiger partial charge in [0.15, 0.2) is 0 Å². The lowest BCUT2D eigenvalue weighted by molar-refractivity contribution is 0.122. The molecule has 4 heterocycles. The first-order valence-corrected chi connectivity index (χ1v) is 7.73. The standard InChI is InChI=1S/C15H20N6O/c1-2-21-9-11(7-19-21)12-8-16-14-13(12)15(18-10-17-14)20-3-5-22-6-4-20/h8-10,19H,2-7H2,1H3,(H,16,17,18). The number of hydrogen-bond donors (Lipinski definition) is 2. The summed E-state index contributed by atoms with van der Waals surface area (Å²) in [6.07, 6.45) is 5.84. The summed E-state index contributed by atoms with van der Waals surface area (Å²) in [6.45, 7) is 7.14. The Labute approximate surface area is 128 Å². The minimum Gasteiger partial charge on any atom is -0.378 e. The Hall–Kier alpha value is -2.12. The van der Waals surface area contributed by atoms with Crippen molar-refractivity contribution in [3.05, 3.63) is 24.3 Å². The summed E-state index contributed by atoms with van der Waals surface area (Å²) in [4.78, 5) is 14.5. The zero-order valence-electron chi connectivity index (χ0n) is 12.7. The molecule has 2 aromatic heterocycles. The first-order chi connectivity index (χ1) is 10.9. The molecule has 1 fully saturated rings. The molecular weight excluding hydrogens is 280 g/mol. The SMILES string of the molecule is CCN1C=C(c2c[nH]c3ncnc(N4CCOCC4)c23)CN1. The van der Waals surface area contributed by atoms with Crippen LogP contribution in [0.3, 0.4) is 0 Å². The number of aromatic nitrogens is 3. The van der Waals surface area contributed by atoms with Crippen molar-refractivity contribution in [2.75, 3.05) is 44.3 Å². The number of morpholine rings is 1. The number of fused-ring (bicyclic) bond motifs is 1. The Morgan fingerprint density at radius 3 is 2.91 bits per heavy atom. The summed E-state index contributed by atoms with van der Waals surface area (Å²) < 4.78 is 5.45. The van der Waals surface area contributed by atoms with Crippen LogP contribution in [0, 0.1) is 0 Å². The van der Waals surface area contributed by atoms with E-state index in [0.29, 0.717) is 0 Å². The lowest BCUT2D eigenvalue weighted by Gasteiger charge is -2.28. The van der Waals surface area contributed by atoms with Crippen LogP contribution in [0.2, 0.25) is 0 Å². The molecule has 2 aliphatic heterocycles. The molecule has 0 aromatic carbocycles. The monoisotopic (exact) mass is 300 g/mol. The molecule has 0 unspecified atom stereocenters. The topological polar surface area (TPSA) is 69.3 Å². The van der Waals surface area contributed by atoms with Crippen LogP contribution < -0.4 is 10.3 Å². The predicted octanol–water partition coefficient (Wildman–Crippen LogP) is 0.975. The van der Waals surface area contributed by atoms with Gasteiger partial charge in [0.2, 0.25) is 0 Å². The molecule has 1 saturated heterocycles. The van der Waals surface area contributed by atoms with Crippen molar-refractivity contribution >= 4 is 22.4 Å². The van der Waals surface area contributed by atoms with E-state index in [1.807, 2.05) is 6.20 Å². The summed E-state index contributed by atoms with van der Waals surface area (Å²) in [5.74, 6) is 1.00. The van der Waals surface area contributed by atoms with E-state index in [2.05, 4.69) is 43.4 Å². The van der Waals surface area contributed by atoms with Gasteiger partial charge in [-0.05, 0) is 12.5 Å². The molecule has 2 aromatic rings. The average Bonchev–Trinajstić information content (AvgIpc) is 3.21. The smallest absolute Gasteiger partial charge is 0.143 e. The molecule has 2 aliphatic rings. The van der Waals surface area contributed by atoms with Crippen LogP contribution in [0.15, 0.2) is 18.7 Å². The highest BCUT2D eigenvalue weighted by Gasteiger charge is 2.22. The summed E-state index contributed by atoms with van der Waals surface area (Å²) in [6, 6.07) is 0. The van der Waals surface area contributed by atoms with Gasteiger partial charge < -0.3 is 19.6 Å². The van der Waals surface area contributed by atoms with Crippen LogP contribution in [0.1, 0.15) is 12.5 Å². The second kappa shape index (κ2) is 5.58. The number of ether oxygens (including phenoxy) is 1. The van der Waals surface area contributed by atoms with E-state index in [0.717, 1.165) is 56.2 Å². The number of nitrogens with zero attached hydrogens (tertiary/aromatic N) is 4. The van der Waals surface area contributed by atoms with E-state index in [9.17, 15) is 0 Å². The number of H-pyrrole nitrogens is 1. The molecule has 0 saturated carbocycles. The first kappa shape index (κ1) is 13.5. The number of anilines is 1. The maximum Gasteiger partial charge on any atom is 0.143 e. The van der Waals surface area contributed by atoms with Gasteiger partial charge >= 0.3 is 0 Å². The second-order valence-corrected chi connectivity index (χ2v) is 5.50. The van der Waals surface area contributed by atoms with Crippen LogP contribution in [0.5, 0.6) is 0 Å². The highest BCUT2D eigenvalue weighted by atomic mass is 16.5. The summed E-state index contributed by atoms with van der Waals surface area (Å²) in [5.41, 5.74) is 6.69. The quantitative estimate of drug-likeness (QED) is 0.880. The molecule has 0 radical (unpaired) electrons. The minimum absolute atomic E-state index is 0.749. The van der Waals surface area contributed by atoms with Crippen LogP contribution in [0.4, 0.5) is 5.82 Å². The third kappa shape index (κ3) is 2.22. The van der Waals surface area contributed by atoms with E-state index in [4.69, 9.17) is 4.74 Å². The predicted molar refractivity (Wildman–Crippen MR) is 85.3 cm³/mol. The molecule has 7 heteroatoms. The van der Waals surface area contributed by atoms with Gasteiger partial charge in [-0.1, -0.05) is 0 Å². The lowest BCUT2D eigenvalue weighted by atomic mass is 10.1. The average molecular weight is 300 g/mol. The van der Waals surface area contributed by atoms with Crippen molar-refractivity contribution in [3.63, 3.8) is 0 Å². The van der Waals surface area contributed by atoms with Gasteiger partial charge in [0.25, 0.3) is 0 Å². The number of hydrazine groups is 1. The summed E-state index contributed by atoms with van der Waals surface area (Å²) in [5, 5.41) is 3.21. The lowest BCUT2D eigenvalue weighted by Crippen LogP contribution is -2.36. The van der Waals surface area contributed by atoms with Gasteiger partial charge in [0.1, 0.15) is 17.8 Å². The van der Waals surface area contributed by atoms with E-state index in [1.165, 1.54) is 11.1 Å². The van der Waals surface area contributed by atoms with Gasteiger partial charge in [0.05, 0.1) is 18.6 Å². The Morgan fingerprint density at radius 2 is 2.14 bits per heavy atom. The Morgan fingerprint density at radius 1 is 1.27 bits per heavy atom. The normalized spacial score (nSPS) is 19.0. The van der Waals surface area contributed by atoms with Crippen molar-refractivity contribution in [3.8, 4) is 0 Å². The maximum absolute atomic E-state index is 5.45. The molecule has 0 bridgehead atoms. The van der Waals surface area contributed by atoms with E-state index >= 15 is 0 Å². The van der Waals surface area contributed by atoms with Gasteiger partial charge in [-0.3, -0.25) is 0 Å². The maximum atomic E-state index is 5.45. The Bertz CT molecular complexity index is 703. The van der Waals surface area contributed by atoms with Crippen molar-refractivity contribution in [2.24, 2.45) is 0 Å². The fraction of sp³-hybridized carbons (Fsp3) is 0.467. The Kier molecular flexibility index (Phi) is 3.44. The minimum atomic E-state index is 0.749. The molecule has 0 atom stereocenters. The fourth-order valence-corrected chi connectivity index (χ4v) is 3.05. The van der Waals surface area contributed by atoms with E-state index in [-0.39, 0.29) is 0 Å². The van der Waals surface area contributed by atoms with E-state index in [1.54, 1.807) is 6.33 Å². The zero-order chi connectivity index (χ0) is 14.9. The van der Waals surface area contributed by atoms with Crippen molar-refractivity contribution in [1.29, 1.82) is 0 Å². The molecule has 4 rings (SSSR count). The molecule has 0 spiro atoms. The molecule has 0 amide bonds. The molecule has 116 valence electrons. The highest BCUT2D eigenvalue weighted by molar-refractivity contribution is 5.98. The molecule has 7 nitrogen and oxygen atoms in total. The van der Waals surface area contributed by atoms with Gasteiger partial charge in [-0.25, -0.2) is 15.4 Å². The van der Waals surface area contributed by atoms with Crippen molar-refractivity contribution in [2.45, 2.75) is 6.92 Å². The van der Waals surface area contributed by atoms with Gasteiger partial charge in [0, 0.05) is 44.1 Å². The van der Waals surface area contributed by atoms with Crippen LogP contribution in [-0.2, 0) is 4.74 Å². The Balaban J connectivity index is 1.79. The third-order valence-corrected chi connectivity index (χ3v) is 4.23. The van der Waals surface area contributed by atoms with Crippen LogP contribution >= 0.6 is 0 Å². The first-order valence-electron chi connectivity index (χ1n) is 7.73. The number of rotatable bonds is 3. The second-order valence-electron chi connectivity index (χ2n) is 5.50. The molecule has 2 N–H and O–H groups in total. The van der Waals surface area contributed by atoms with Crippen molar-refractivity contribution < 1.29 is 4.74 Å². The highest BCUT2D eigenvalue weighted by Crippen LogP contribution is 2.32.